The van der Waals surface area contributed by atoms with Gasteiger partial charge in [-0.2, -0.15) is 5.10 Å². The van der Waals surface area contributed by atoms with Crippen LogP contribution in [-0.4, -0.2) is 27.3 Å². The third kappa shape index (κ3) is 2.81. The van der Waals surface area contributed by atoms with Gasteiger partial charge in [0.25, 0.3) is 0 Å². The minimum absolute atomic E-state index is 0.672. The predicted octanol–water partition coefficient (Wildman–Crippen LogP) is 3.57. The Kier molecular flexibility index (Phi) is 3.63. The molecule has 120 valence electrons. The van der Waals surface area contributed by atoms with Gasteiger partial charge >= 0.3 is 0 Å². The van der Waals surface area contributed by atoms with Crippen LogP contribution in [-0.2, 0) is 6.54 Å². The molecule has 2 aromatic carbocycles. The molecule has 0 saturated heterocycles. The van der Waals surface area contributed by atoms with E-state index in [2.05, 4.69) is 37.6 Å². The van der Waals surface area contributed by atoms with Crippen molar-refractivity contribution in [3.05, 3.63) is 60.4 Å². The number of H-pyrrole nitrogens is 2. The minimum Gasteiger partial charge on any atom is -0.497 e. The van der Waals surface area contributed by atoms with Crippen LogP contribution in [0.25, 0.3) is 22.2 Å². The normalized spacial score (nSPS) is 10.9. The largest absolute Gasteiger partial charge is 0.497 e. The van der Waals surface area contributed by atoms with E-state index in [4.69, 9.17) is 4.74 Å². The number of imidazole rings is 1. The highest BCUT2D eigenvalue weighted by Gasteiger charge is 2.06. The van der Waals surface area contributed by atoms with Crippen LogP contribution in [0.2, 0.25) is 0 Å². The van der Waals surface area contributed by atoms with Gasteiger partial charge in [0.05, 0.1) is 24.3 Å². The molecule has 0 aliphatic rings. The van der Waals surface area contributed by atoms with Crippen molar-refractivity contribution < 1.29 is 4.74 Å². The number of rotatable bonds is 5. The van der Waals surface area contributed by atoms with Gasteiger partial charge in [-0.1, -0.05) is 18.2 Å². The summed E-state index contributed by atoms with van der Waals surface area (Å²) in [6.45, 7) is 0.672. The lowest BCUT2D eigenvalue weighted by Crippen LogP contribution is -2.00. The van der Waals surface area contributed by atoms with E-state index in [1.54, 1.807) is 13.3 Å². The fourth-order valence-corrected chi connectivity index (χ4v) is 2.65. The van der Waals surface area contributed by atoms with Crippen LogP contribution in [0.3, 0.4) is 0 Å². The van der Waals surface area contributed by atoms with E-state index in [-0.39, 0.29) is 0 Å². The summed E-state index contributed by atoms with van der Waals surface area (Å²) < 4.78 is 5.24. The van der Waals surface area contributed by atoms with Crippen LogP contribution in [0.5, 0.6) is 5.75 Å². The maximum atomic E-state index is 5.24. The molecule has 4 aromatic rings. The zero-order valence-electron chi connectivity index (χ0n) is 13.2. The molecule has 6 heteroatoms. The first kappa shape index (κ1) is 14.3. The highest BCUT2D eigenvalue weighted by molar-refractivity contribution is 5.83. The Bertz CT molecular complexity index is 959. The molecule has 0 radical (unpaired) electrons. The van der Waals surface area contributed by atoms with Gasteiger partial charge in [-0.05, 0) is 35.4 Å². The van der Waals surface area contributed by atoms with Crippen LogP contribution in [0, 0.1) is 0 Å². The SMILES string of the molecule is COc1cccc(CNc2nc3ccc(-c4cn[nH]c4)cc3[nH]2)c1. The molecule has 0 bridgehead atoms. The number of anilines is 1. The number of aromatic nitrogens is 4. The van der Waals surface area contributed by atoms with Gasteiger partial charge in [0, 0.05) is 18.3 Å². The Hall–Kier alpha value is -3.28. The zero-order valence-corrected chi connectivity index (χ0v) is 13.2. The van der Waals surface area contributed by atoms with Gasteiger partial charge in [-0.15, -0.1) is 0 Å². The number of benzene rings is 2. The Morgan fingerprint density at radius 1 is 1.12 bits per heavy atom. The first-order valence-electron chi connectivity index (χ1n) is 7.67. The highest BCUT2D eigenvalue weighted by Crippen LogP contribution is 2.23. The molecule has 2 aromatic heterocycles. The molecular weight excluding hydrogens is 302 g/mol. The molecular formula is C18H17N5O. The standard InChI is InChI=1S/C18H17N5O/c1-24-15-4-2-3-12(7-15)9-19-18-22-16-6-5-13(8-17(16)23-18)14-10-20-21-11-14/h2-8,10-11H,9H2,1H3,(H,20,21)(H2,19,22,23). The van der Waals surface area contributed by atoms with Crippen molar-refractivity contribution in [1.82, 2.24) is 20.2 Å². The van der Waals surface area contributed by atoms with Gasteiger partial charge in [0.2, 0.25) is 5.95 Å². The van der Waals surface area contributed by atoms with Crippen molar-refractivity contribution in [3.63, 3.8) is 0 Å². The van der Waals surface area contributed by atoms with Gasteiger partial charge in [-0.25, -0.2) is 4.98 Å². The summed E-state index contributed by atoms with van der Waals surface area (Å²) in [5.41, 5.74) is 5.20. The monoisotopic (exact) mass is 319 g/mol. The van der Waals surface area contributed by atoms with Crippen molar-refractivity contribution in [2.45, 2.75) is 6.54 Å². The summed E-state index contributed by atoms with van der Waals surface area (Å²) in [6, 6.07) is 14.1. The average Bonchev–Trinajstić information content (AvgIpc) is 3.28. The number of aromatic amines is 2. The Morgan fingerprint density at radius 2 is 2.08 bits per heavy atom. The lowest BCUT2D eigenvalue weighted by atomic mass is 10.1. The van der Waals surface area contributed by atoms with Crippen LogP contribution in [0.4, 0.5) is 5.95 Å². The second-order valence-electron chi connectivity index (χ2n) is 5.51. The van der Waals surface area contributed by atoms with E-state index in [1.807, 2.05) is 36.5 Å². The number of hydrogen-bond acceptors (Lipinski definition) is 4. The molecule has 3 N–H and O–H groups in total. The average molecular weight is 319 g/mol. The van der Waals surface area contributed by atoms with Crippen LogP contribution in [0.15, 0.2) is 54.9 Å². The number of hydrogen-bond donors (Lipinski definition) is 3. The highest BCUT2D eigenvalue weighted by atomic mass is 16.5. The van der Waals surface area contributed by atoms with Crippen molar-refractivity contribution in [1.29, 1.82) is 0 Å². The van der Waals surface area contributed by atoms with Gasteiger partial charge in [0.1, 0.15) is 5.75 Å². The first-order chi connectivity index (χ1) is 11.8. The number of ether oxygens (including phenoxy) is 1. The summed E-state index contributed by atoms with van der Waals surface area (Å²) in [6.07, 6.45) is 3.68. The number of methoxy groups -OCH3 is 1. The van der Waals surface area contributed by atoms with Crippen LogP contribution < -0.4 is 10.1 Å². The molecule has 0 fully saturated rings. The van der Waals surface area contributed by atoms with E-state index in [1.165, 1.54) is 0 Å². The fourth-order valence-electron chi connectivity index (χ4n) is 2.65. The molecule has 0 atom stereocenters. The Morgan fingerprint density at radius 3 is 2.92 bits per heavy atom. The van der Waals surface area contributed by atoms with Crippen molar-refractivity contribution >= 4 is 17.0 Å². The second-order valence-corrected chi connectivity index (χ2v) is 5.51. The molecule has 2 heterocycles. The van der Waals surface area contributed by atoms with Gasteiger partial charge in [-0.3, -0.25) is 5.10 Å². The molecule has 6 nitrogen and oxygen atoms in total. The lowest BCUT2D eigenvalue weighted by Gasteiger charge is -2.05. The fraction of sp³-hybridized carbons (Fsp3) is 0.111. The molecule has 24 heavy (non-hydrogen) atoms. The Labute approximate surface area is 138 Å². The van der Waals surface area contributed by atoms with Gasteiger partial charge < -0.3 is 15.0 Å². The van der Waals surface area contributed by atoms with E-state index < -0.39 is 0 Å². The summed E-state index contributed by atoms with van der Waals surface area (Å²) in [5.74, 6) is 1.60. The Balaban J connectivity index is 1.54. The van der Waals surface area contributed by atoms with Crippen molar-refractivity contribution in [2.75, 3.05) is 12.4 Å². The third-order valence-corrected chi connectivity index (χ3v) is 3.91. The summed E-state index contributed by atoms with van der Waals surface area (Å²) in [4.78, 5) is 7.88. The molecule has 0 spiro atoms. The van der Waals surface area contributed by atoms with E-state index in [0.717, 1.165) is 39.4 Å². The third-order valence-electron chi connectivity index (χ3n) is 3.91. The van der Waals surface area contributed by atoms with Gasteiger partial charge in [0.15, 0.2) is 0 Å². The van der Waals surface area contributed by atoms with Crippen molar-refractivity contribution in [3.8, 4) is 16.9 Å². The molecule has 0 saturated carbocycles. The molecule has 0 aliphatic carbocycles. The summed E-state index contributed by atoms with van der Waals surface area (Å²) in [5, 5.41) is 10.1. The van der Waals surface area contributed by atoms with E-state index in [9.17, 15) is 0 Å². The zero-order chi connectivity index (χ0) is 16.4. The number of fused-ring (bicyclic) bond motifs is 1. The van der Waals surface area contributed by atoms with E-state index in [0.29, 0.717) is 6.54 Å². The van der Waals surface area contributed by atoms with Crippen molar-refractivity contribution in [2.24, 2.45) is 0 Å². The number of nitrogens with zero attached hydrogens (tertiary/aromatic N) is 2. The predicted molar refractivity (Wildman–Crippen MR) is 94.0 cm³/mol. The quantitative estimate of drug-likeness (QED) is 0.525. The van der Waals surface area contributed by atoms with Crippen LogP contribution >= 0.6 is 0 Å². The molecule has 4 rings (SSSR count). The summed E-state index contributed by atoms with van der Waals surface area (Å²) in [7, 11) is 1.67. The maximum absolute atomic E-state index is 5.24. The first-order valence-corrected chi connectivity index (χ1v) is 7.67. The minimum atomic E-state index is 0.672. The molecule has 0 amide bonds. The topological polar surface area (TPSA) is 78.6 Å². The maximum Gasteiger partial charge on any atom is 0.201 e. The molecule has 0 unspecified atom stereocenters. The lowest BCUT2D eigenvalue weighted by molar-refractivity contribution is 0.414. The smallest absolute Gasteiger partial charge is 0.201 e. The summed E-state index contributed by atoms with van der Waals surface area (Å²) >= 11 is 0. The second kappa shape index (κ2) is 6.08. The number of nitrogens with one attached hydrogen (secondary N) is 3. The molecule has 0 aliphatic heterocycles. The van der Waals surface area contributed by atoms with E-state index >= 15 is 0 Å². The van der Waals surface area contributed by atoms with Crippen LogP contribution in [0.1, 0.15) is 5.56 Å².